The third kappa shape index (κ3) is 10.6. The molecule has 1 rings (SSSR count). The second-order valence-corrected chi connectivity index (χ2v) is 7.93. The number of amides is 2. The van der Waals surface area contributed by atoms with Crippen molar-refractivity contribution < 1.29 is 38.1 Å². The fourth-order valence-corrected chi connectivity index (χ4v) is 2.67. The van der Waals surface area contributed by atoms with Crippen molar-refractivity contribution in [2.75, 3.05) is 14.2 Å². The Labute approximate surface area is 187 Å². The van der Waals surface area contributed by atoms with Crippen molar-refractivity contribution in [3.8, 4) is 0 Å². The molecule has 32 heavy (non-hydrogen) atoms. The van der Waals surface area contributed by atoms with Crippen LogP contribution in [0, 0.1) is 0 Å². The van der Waals surface area contributed by atoms with Gasteiger partial charge in [0.25, 0.3) is 0 Å². The van der Waals surface area contributed by atoms with Crippen molar-refractivity contribution in [3.05, 3.63) is 35.9 Å². The Bertz CT molecular complexity index is 761. The number of esters is 2. The van der Waals surface area contributed by atoms with E-state index in [1.165, 1.54) is 14.2 Å². The molecule has 0 aliphatic rings. The first-order chi connectivity index (χ1) is 15.1. The molecule has 1 aromatic carbocycles. The minimum absolute atomic E-state index is 0.0464. The van der Waals surface area contributed by atoms with Crippen LogP contribution < -0.4 is 10.6 Å². The third-order valence-electron chi connectivity index (χ3n) is 4.15. The Morgan fingerprint density at radius 3 is 1.81 bits per heavy atom. The third-order valence-corrected chi connectivity index (χ3v) is 4.15. The smallest absolute Gasteiger partial charge is 0.408 e. The standard InChI is InChI=1S/C22H32N2O8/c1-22(2,3)32-21(28)24-17(19(26)30-5)13-9-12-16(18(25)29-4)23-20(27)31-14-15-10-7-6-8-11-15/h6-8,10-11,16-17H,9,12-14H2,1-5H3,(H,23,27)(H,24,28)/t16-,17-/m0/s1. The molecule has 2 N–H and O–H groups in total. The van der Waals surface area contributed by atoms with Crippen LogP contribution in [0.15, 0.2) is 30.3 Å². The predicted octanol–water partition coefficient (Wildman–Crippen LogP) is 2.69. The van der Waals surface area contributed by atoms with E-state index in [1.807, 2.05) is 18.2 Å². The van der Waals surface area contributed by atoms with E-state index in [4.69, 9.17) is 18.9 Å². The van der Waals surface area contributed by atoms with E-state index in [1.54, 1.807) is 32.9 Å². The van der Waals surface area contributed by atoms with Crippen LogP contribution in [0.4, 0.5) is 9.59 Å². The van der Waals surface area contributed by atoms with Crippen molar-refractivity contribution in [1.82, 2.24) is 10.6 Å². The van der Waals surface area contributed by atoms with Gasteiger partial charge in [0.05, 0.1) is 14.2 Å². The summed E-state index contributed by atoms with van der Waals surface area (Å²) in [5, 5.41) is 4.92. The lowest BCUT2D eigenvalue weighted by Gasteiger charge is -2.23. The summed E-state index contributed by atoms with van der Waals surface area (Å²) in [7, 11) is 2.40. The van der Waals surface area contributed by atoms with E-state index >= 15 is 0 Å². The Balaban J connectivity index is 2.61. The van der Waals surface area contributed by atoms with Crippen LogP contribution in [-0.4, -0.2) is 56.0 Å². The molecular weight excluding hydrogens is 420 g/mol. The molecule has 178 valence electrons. The zero-order chi connectivity index (χ0) is 24.1. The van der Waals surface area contributed by atoms with E-state index < -0.39 is 41.8 Å². The average molecular weight is 453 g/mol. The molecule has 2 amide bonds. The van der Waals surface area contributed by atoms with Gasteiger partial charge in [-0.15, -0.1) is 0 Å². The highest BCUT2D eigenvalue weighted by molar-refractivity contribution is 5.82. The summed E-state index contributed by atoms with van der Waals surface area (Å²) in [6.45, 7) is 5.14. The van der Waals surface area contributed by atoms with Gasteiger partial charge < -0.3 is 29.6 Å². The van der Waals surface area contributed by atoms with Gasteiger partial charge in [0, 0.05) is 0 Å². The largest absolute Gasteiger partial charge is 0.467 e. The highest BCUT2D eigenvalue weighted by Gasteiger charge is 2.27. The summed E-state index contributed by atoms with van der Waals surface area (Å²) in [6, 6.07) is 7.12. The first-order valence-corrected chi connectivity index (χ1v) is 10.2. The first-order valence-electron chi connectivity index (χ1n) is 10.2. The number of hydrogen-bond donors (Lipinski definition) is 2. The Morgan fingerprint density at radius 1 is 0.844 bits per heavy atom. The van der Waals surface area contributed by atoms with Gasteiger partial charge in [-0.1, -0.05) is 30.3 Å². The number of hydrogen-bond acceptors (Lipinski definition) is 8. The quantitative estimate of drug-likeness (QED) is 0.409. The molecule has 0 heterocycles. The van der Waals surface area contributed by atoms with Gasteiger partial charge >= 0.3 is 24.1 Å². The van der Waals surface area contributed by atoms with Crippen molar-refractivity contribution in [2.45, 2.75) is 64.3 Å². The SMILES string of the molecule is COC(=O)[C@H](CCC[C@H](NC(=O)OC(C)(C)C)C(=O)OC)NC(=O)OCc1ccccc1. The monoisotopic (exact) mass is 452 g/mol. The zero-order valence-electron chi connectivity index (χ0n) is 19.1. The first kappa shape index (κ1) is 26.7. The van der Waals surface area contributed by atoms with Crippen LogP contribution in [0.25, 0.3) is 0 Å². The van der Waals surface area contributed by atoms with E-state index in [-0.39, 0.29) is 25.9 Å². The van der Waals surface area contributed by atoms with Crippen LogP contribution in [0.1, 0.15) is 45.6 Å². The van der Waals surface area contributed by atoms with E-state index in [9.17, 15) is 19.2 Å². The summed E-state index contributed by atoms with van der Waals surface area (Å²) in [5.74, 6) is -1.31. The molecule has 0 spiro atoms. The van der Waals surface area contributed by atoms with Gasteiger partial charge in [0.1, 0.15) is 24.3 Å². The van der Waals surface area contributed by atoms with Crippen LogP contribution in [0.3, 0.4) is 0 Å². The molecule has 0 aliphatic heterocycles. The molecule has 0 radical (unpaired) electrons. The van der Waals surface area contributed by atoms with Crippen molar-refractivity contribution in [1.29, 1.82) is 0 Å². The van der Waals surface area contributed by atoms with E-state index in [0.29, 0.717) is 0 Å². The maximum atomic E-state index is 12.1. The maximum absolute atomic E-state index is 12.1. The molecule has 0 aromatic heterocycles. The topological polar surface area (TPSA) is 129 Å². The lowest BCUT2D eigenvalue weighted by atomic mass is 10.1. The Kier molecular flexibility index (Phi) is 11.0. The molecule has 0 bridgehead atoms. The molecule has 0 unspecified atom stereocenters. The van der Waals surface area contributed by atoms with Crippen molar-refractivity contribution in [3.63, 3.8) is 0 Å². The number of nitrogens with one attached hydrogen (secondary N) is 2. The van der Waals surface area contributed by atoms with Crippen LogP contribution >= 0.6 is 0 Å². The van der Waals surface area contributed by atoms with Gasteiger partial charge in [-0.3, -0.25) is 0 Å². The number of carbonyl (C=O) groups excluding carboxylic acids is 4. The minimum atomic E-state index is -0.983. The lowest BCUT2D eigenvalue weighted by Crippen LogP contribution is -2.45. The van der Waals surface area contributed by atoms with Crippen molar-refractivity contribution in [2.24, 2.45) is 0 Å². The number of ether oxygens (including phenoxy) is 4. The Hall–Kier alpha value is -3.30. The second-order valence-electron chi connectivity index (χ2n) is 7.93. The molecule has 0 aliphatic carbocycles. The van der Waals surface area contributed by atoms with Crippen LogP contribution in [0.5, 0.6) is 0 Å². The number of benzene rings is 1. The van der Waals surface area contributed by atoms with Crippen LogP contribution in [0.2, 0.25) is 0 Å². The molecule has 1 aromatic rings. The number of methoxy groups -OCH3 is 2. The summed E-state index contributed by atoms with van der Waals surface area (Å²) in [6.07, 6.45) is -0.953. The van der Waals surface area contributed by atoms with Gasteiger partial charge in [0.2, 0.25) is 0 Å². The lowest BCUT2D eigenvalue weighted by molar-refractivity contribution is -0.143. The second kappa shape index (κ2) is 13.2. The molecule has 10 heteroatoms. The van der Waals surface area contributed by atoms with Crippen LogP contribution in [-0.2, 0) is 35.1 Å². The maximum Gasteiger partial charge on any atom is 0.408 e. The van der Waals surface area contributed by atoms with Gasteiger partial charge in [0.15, 0.2) is 0 Å². The number of alkyl carbamates (subject to hydrolysis) is 2. The average Bonchev–Trinajstić information content (AvgIpc) is 2.74. The molecule has 10 nitrogen and oxygen atoms in total. The van der Waals surface area contributed by atoms with Gasteiger partial charge in [-0.05, 0) is 45.6 Å². The summed E-state index contributed by atoms with van der Waals surface area (Å²) in [5.41, 5.74) is 0.0662. The highest BCUT2D eigenvalue weighted by Crippen LogP contribution is 2.11. The summed E-state index contributed by atoms with van der Waals surface area (Å²) < 4.78 is 19.7. The summed E-state index contributed by atoms with van der Waals surface area (Å²) >= 11 is 0. The molecule has 2 atom stereocenters. The van der Waals surface area contributed by atoms with E-state index in [0.717, 1.165) is 5.56 Å². The molecule has 0 saturated carbocycles. The molecule has 0 saturated heterocycles. The molecule has 0 fully saturated rings. The predicted molar refractivity (Wildman–Crippen MR) is 115 cm³/mol. The van der Waals surface area contributed by atoms with Gasteiger partial charge in [-0.25, -0.2) is 19.2 Å². The Morgan fingerprint density at radius 2 is 1.34 bits per heavy atom. The molecular formula is C22H32N2O8. The highest BCUT2D eigenvalue weighted by atomic mass is 16.6. The minimum Gasteiger partial charge on any atom is -0.467 e. The van der Waals surface area contributed by atoms with E-state index in [2.05, 4.69) is 10.6 Å². The zero-order valence-corrected chi connectivity index (χ0v) is 19.1. The normalized spacial score (nSPS) is 12.7. The fourth-order valence-electron chi connectivity index (χ4n) is 2.67. The van der Waals surface area contributed by atoms with Gasteiger partial charge in [-0.2, -0.15) is 0 Å². The number of carbonyl (C=O) groups is 4. The summed E-state index contributed by atoms with van der Waals surface area (Å²) in [4.78, 5) is 48.1. The number of rotatable bonds is 10. The van der Waals surface area contributed by atoms with Crippen molar-refractivity contribution >= 4 is 24.1 Å². The fraction of sp³-hybridized carbons (Fsp3) is 0.545.